The highest BCUT2D eigenvalue weighted by molar-refractivity contribution is 5.49. The summed E-state index contributed by atoms with van der Waals surface area (Å²) in [5.41, 5.74) is 5.18. The summed E-state index contributed by atoms with van der Waals surface area (Å²) in [6.45, 7) is 4.10. The van der Waals surface area contributed by atoms with Crippen LogP contribution in [0.3, 0.4) is 0 Å². The lowest BCUT2D eigenvalue weighted by atomic mass is 9.99. The fraction of sp³-hybridized carbons (Fsp3) is 0.455. The van der Waals surface area contributed by atoms with Crippen molar-refractivity contribution in [3.05, 3.63) is 28.3 Å². The summed E-state index contributed by atoms with van der Waals surface area (Å²) >= 11 is 0. The molecule has 0 unspecified atom stereocenters. The van der Waals surface area contributed by atoms with Crippen LogP contribution in [0.5, 0.6) is 5.75 Å². The summed E-state index contributed by atoms with van der Waals surface area (Å²) in [4.78, 5) is 0. The average Bonchev–Trinajstić information content (AvgIpc) is 2.48. The zero-order chi connectivity index (χ0) is 8.72. The third-order valence-electron chi connectivity index (χ3n) is 2.97. The highest BCUT2D eigenvalue weighted by Gasteiger charge is 2.16. The molecule has 0 radical (unpaired) electrons. The molecule has 1 aliphatic rings. The van der Waals surface area contributed by atoms with Gasteiger partial charge in [0, 0.05) is 0 Å². The van der Waals surface area contributed by atoms with Gasteiger partial charge in [0.05, 0.1) is 0 Å². The van der Waals surface area contributed by atoms with Crippen molar-refractivity contribution < 1.29 is 5.11 Å². The standard InChI is InChI=1S/C11H14O/c1-7-8(2)11(12)6-9-4-3-5-10(7)9/h6,12H,3-5H2,1-2H3. The number of benzene rings is 1. The molecular weight excluding hydrogens is 148 g/mol. The third kappa shape index (κ3) is 0.927. The van der Waals surface area contributed by atoms with Crippen LogP contribution >= 0.6 is 0 Å². The van der Waals surface area contributed by atoms with Crippen LogP contribution < -0.4 is 0 Å². The van der Waals surface area contributed by atoms with Crippen LogP contribution in [-0.4, -0.2) is 5.11 Å². The molecule has 0 aliphatic heterocycles. The van der Waals surface area contributed by atoms with Crippen LogP contribution in [0.2, 0.25) is 0 Å². The fourth-order valence-electron chi connectivity index (χ4n) is 2.05. The zero-order valence-electron chi connectivity index (χ0n) is 7.65. The van der Waals surface area contributed by atoms with E-state index < -0.39 is 0 Å². The van der Waals surface area contributed by atoms with E-state index in [0.717, 1.165) is 12.0 Å². The topological polar surface area (TPSA) is 20.2 Å². The lowest BCUT2D eigenvalue weighted by Crippen LogP contribution is -1.91. The summed E-state index contributed by atoms with van der Waals surface area (Å²) in [6, 6.07) is 1.94. The maximum Gasteiger partial charge on any atom is 0.119 e. The smallest absolute Gasteiger partial charge is 0.119 e. The molecule has 0 atom stereocenters. The van der Waals surface area contributed by atoms with E-state index in [2.05, 4.69) is 6.92 Å². The molecule has 0 bridgehead atoms. The number of hydrogen-bond acceptors (Lipinski definition) is 1. The second kappa shape index (κ2) is 2.51. The molecule has 1 heteroatoms. The van der Waals surface area contributed by atoms with Gasteiger partial charge in [-0.15, -0.1) is 0 Å². The summed E-state index contributed by atoms with van der Waals surface area (Å²) in [5, 5.41) is 9.56. The predicted octanol–water partition coefficient (Wildman–Crippen LogP) is 2.50. The molecule has 0 saturated carbocycles. The quantitative estimate of drug-likeness (QED) is 0.621. The van der Waals surface area contributed by atoms with Crippen molar-refractivity contribution in [2.75, 3.05) is 0 Å². The Kier molecular flexibility index (Phi) is 1.60. The zero-order valence-corrected chi connectivity index (χ0v) is 7.65. The third-order valence-corrected chi connectivity index (χ3v) is 2.97. The predicted molar refractivity (Wildman–Crippen MR) is 49.6 cm³/mol. The van der Waals surface area contributed by atoms with E-state index >= 15 is 0 Å². The Morgan fingerprint density at radius 1 is 1.17 bits per heavy atom. The normalized spacial score (nSPS) is 14.8. The number of phenolic OH excluding ortho intramolecular Hbond substituents is 1. The van der Waals surface area contributed by atoms with E-state index in [1.807, 2.05) is 13.0 Å². The molecular formula is C11H14O. The van der Waals surface area contributed by atoms with Crippen molar-refractivity contribution in [3.8, 4) is 5.75 Å². The molecule has 1 N–H and O–H groups in total. The lowest BCUT2D eigenvalue weighted by molar-refractivity contribution is 0.470. The molecule has 64 valence electrons. The van der Waals surface area contributed by atoms with E-state index in [1.54, 1.807) is 0 Å². The molecule has 0 amide bonds. The Balaban J connectivity index is 2.67. The van der Waals surface area contributed by atoms with Crippen molar-refractivity contribution in [1.82, 2.24) is 0 Å². The van der Waals surface area contributed by atoms with Crippen molar-refractivity contribution in [1.29, 1.82) is 0 Å². The minimum absolute atomic E-state index is 0.466. The number of phenols is 1. The number of aromatic hydroxyl groups is 1. The van der Waals surface area contributed by atoms with Gasteiger partial charge in [-0.1, -0.05) is 0 Å². The molecule has 0 aromatic heterocycles. The second-order valence-corrected chi connectivity index (χ2v) is 3.64. The number of hydrogen-bond donors (Lipinski definition) is 1. The van der Waals surface area contributed by atoms with Crippen molar-refractivity contribution in [3.63, 3.8) is 0 Å². The lowest BCUT2D eigenvalue weighted by Gasteiger charge is -2.09. The van der Waals surface area contributed by atoms with Gasteiger partial charge in [-0.3, -0.25) is 0 Å². The largest absolute Gasteiger partial charge is 0.508 e. The molecule has 0 spiro atoms. The van der Waals surface area contributed by atoms with Crippen LogP contribution in [0.1, 0.15) is 28.7 Å². The first-order chi connectivity index (χ1) is 5.70. The average molecular weight is 162 g/mol. The molecule has 1 aliphatic carbocycles. The van der Waals surface area contributed by atoms with Crippen LogP contribution in [0.15, 0.2) is 6.07 Å². The maximum absolute atomic E-state index is 9.56. The van der Waals surface area contributed by atoms with Crippen molar-refractivity contribution in [2.45, 2.75) is 33.1 Å². The van der Waals surface area contributed by atoms with Gasteiger partial charge in [-0.05, 0) is 61.4 Å². The monoisotopic (exact) mass is 162 g/mol. The minimum Gasteiger partial charge on any atom is -0.508 e. The van der Waals surface area contributed by atoms with E-state index in [4.69, 9.17) is 0 Å². The van der Waals surface area contributed by atoms with Gasteiger partial charge >= 0.3 is 0 Å². The molecule has 12 heavy (non-hydrogen) atoms. The summed E-state index contributed by atoms with van der Waals surface area (Å²) in [7, 11) is 0. The Morgan fingerprint density at radius 2 is 1.92 bits per heavy atom. The molecule has 0 fully saturated rings. The van der Waals surface area contributed by atoms with E-state index in [1.165, 1.54) is 29.5 Å². The summed E-state index contributed by atoms with van der Waals surface area (Å²) < 4.78 is 0. The van der Waals surface area contributed by atoms with Gasteiger partial charge in [0.1, 0.15) is 5.75 Å². The highest BCUT2D eigenvalue weighted by Crippen LogP contribution is 2.32. The van der Waals surface area contributed by atoms with Gasteiger partial charge in [0.2, 0.25) is 0 Å². The van der Waals surface area contributed by atoms with Gasteiger partial charge in [-0.25, -0.2) is 0 Å². The first-order valence-corrected chi connectivity index (χ1v) is 4.51. The van der Waals surface area contributed by atoms with E-state index in [0.29, 0.717) is 5.75 Å². The Labute approximate surface area is 73.0 Å². The van der Waals surface area contributed by atoms with Crippen LogP contribution in [-0.2, 0) is 12.8 Å². The summed E-state index contributed by atoms with van der Waals surface area (Å²) in [6.07, 6.45) is 3.59. The highest BCUT2D eigenvalue weighted by atomic mass is 16.3. The Morgan fingerprint density at radius 3 is 2.67 bits per heavy atom. The van der Waals surface area contributed by atoms with Crippen LogP contribution in [0.25, 0.3) is 0 Å². The maximum atomic E-state index is 9.56. The first kappa shape index (κ1) is 7.66. The van der Waals surface area contributed by atoms with Gasteiger partial charge in [-0.2, -0.15) is 0 Å². The number of rotatable bonds is 0. The molecule has 1 aromatic carbocycles. The fourth-order valence-corrected chi connectivity index (χ4v) is 2.05. The molecule has 2 rings (SSSR count). The molecule has 1 aromatic rings. The summed E-state index contributed by atoms with van der Waals surface area (Å²) in [5.74, 6) is 0.466. The van der Waals surface area contributed by atoms with Crippen LogP contribution in [0, 0.1) is 13.8 Å². The van der Waals surface area contributed by atoms with Gasteiger partial charge in [0.25, 0.3) is 0 Å². The van der Waals surface area contributed by atoms with E-state index in [-0.39, 0.29) is 0 Å². The SMILES string of the molecule is Cc1c(O)cc2c(c1C)CCC2. The van der Waals surface area contributed by atoms with E-state index in [9.17, 15) is 5.11 Å². The van der Waals surface area contributed by atoms with Gasteiger partial charge < -0.3 is 5.11 Å². The van der Waals surface area contributed by atoms with Gasteiger partial charge in [0.15, 0.2) is 0 Å². The minimum atomic E-state index is 0.466. The van der Waals surface area contributed by atoms with Crippen molar-refractivity contribution >= 4 is 0 Å². The number of aryl methyl sites for hydroxylation is 1. The molecule has 1 nitrogen and oxygen atoms in total. The second-order valence-electron chi connectivity index (χ2n) is 3.64. The molecule has 0 heterocycles. The number of fused-ring (bicyclic) bond motifs is 1. The first-order valence-electron chi connectivity index (χ1n) is 4.51. The van der Waals surface area contributed by atoms with Crippen molar-refractivity contribution in [2.24, 2.45) is 0 Å². The Hall–Kier alpha value is -0.980. The van der Waals surface area contributed by atoms with Crippen LogP contribution in [0.4, 0.5) is 0 Å². The molecule has 0 saturated heterocycles. The Bertz CT molecular complexity index is 326.